The van der Waals surface area contributed by atoms with E-state index in [9.17, 15) is 9.59 Å². The van der Waals surface area contributed by atoms with Crippen LogP contribution >= 0.6 is 11.6 Å². The third-order valence-corrected chi connectivity index (χ3v) is 4.67. The van der Waals surface area contributed by atoms with Crippen molar-refractivity contribution in [2.75, 3.05) is 22.1 Å². The van der Waals surface area contributed by atoms with Crippen LogP contribution in [-0.2, 0) is 11.2 Å². The average molecular weight is 372 g/mol. The predicted molar refractivity (Wildman–Crippen MR) is 106 cm³/mol. The lowest BCUT2D eigenvalue weighted by Gasteiger charge is -2.31. The van der Waals surface area contributed by atoms with Gasteiger partial charge in [0.2, 0.25) is 5.91 Å². The first kappa shape index (κ1) is 18.3. The van der Waals surface area contributed by atoms with E-state index in [1.54, 1.807) is 24.3 Å². The number of fused-ring (bicyclic) bond motifs is 1. The molecular weight excluding hydrogens is 350 g/mol. The summed E-state index contributed by atoms with van der Waals surface area (Å²) in [6.07, 6.45) is 1.88. The molecule has 5 nitrogen and oxygen atoms in total. The fourth-order valence-corrected chi connectivity index (χ4v) is 3.22. The van der Waals surface area contributed by atoms with E-state index in [1.807, 2.05) is 36.9 Å². The number of nitrogens with zero attached hydrogens (tertiary/aromatic N) is 1. The van der Waals surface area contributed by atoms with E-state index < -0.39 is 0 Å². The van der Waals surface area contributed by atoms with Crippen molar-refractivity contribution in [3.8, 4) is 0 Å². The molecule has 0 atom stereocenters. The topological polar surface area (TPSA) is 61.4 Å². The van der Waals surface area contributed by atoms with Gasteiger partial charge in [-0.25, -0.2) is 4.79 Å². The third kappa shape index (κ3) is 3.99. The maximum absolute atomic E-state index is 12.5. The van der Waals surface area contributed by atoms with Gasteiger partial charge < -0.3 is 15.5 Å². The van der Waals surface area contributed by atoms with Crippen LogP contribution < -0.4 is 15.5 Å². The summed E-state index contributed by atoms with van der Waals surface area (Å²) in [6.45, 7) is 4.50. The molecule has 6 heteroatoms. The smallest absolute Gasteiger partial charge is 0.312 e. The number of aryl methyl sites for hydroxylation is 1. The van der Waals surface area contributed by atoms with Gasteiger partial charge in [-0.05, 0) is 42.7 Å². The summed E-state index contributed by atoms with van der Waals surface area (Å²) < 4.78 is 0. The highest BCUT2D eigenvalue weighted by molar-refractivity contribution is 6.33. The molecule has 0 fully saturated rings. The van der Waals surface area contributed by atoms with E-state index in [0.29, 0.717) is 22.9 Å². The number of halogens is 1. The van der Waals surface area contributed by atoms with Crippen LogP contribution in [0.15, 0.2) is 42.5 Å². The Hall–Kier alpha value is -2.53. The van der Waals surface area contributed by atoms with Crippen LogP contribution in [-0.4, -0.2) is 18.5 Å². The van der Waals surface area contributed by atoms with E-state index in [-0.39, 0.29) is 17.9 Å². The van der Waals surface area contributed by atoms with Gasteiger partial charge in [-0.1, -0.05) is 43.6 Å². The largest absolute Gasteiger partial charge is 0.323 e. The Morgan fingerprint density at radius 1 is 1.12 bits per heavy atom. The van der Waals surface area contributed by atoms with Crippen molar-refractivity contribution >= 4 is 40.6 Å². The number of carbonyl (C=O) groups is 2. The number of hydrogen-bond acceptors (Lipinski definition) is 2. The summed E-state index contributed by atoms with van der Waals surface area (Å²) in [5.41, 5.74) is 3.19. The highest BCUT2D eigenvalue weighted by atomic mass is 35.5. The Morgan fingerprint density at radius 3 is 2.62 bits per heavy atom. The highest BCUT2D eigenvalue weighted by Crippen LogP contribution is 2.31. The first-order valence-corrected chi connectivity index (χ1v) is 9.10. The van der Waals surface area contributed by atoms with E-state index in [4.69, 9.17) is 11.6 Å². The Morgan fingerprint density at radius 2 is 1.88 bits per heavy atom. The standard InChI is InChI=1S/C20H22ClN3O2/c1-13(2)19(25)24-11-5-6-14-9-10-15(12-18(14)24)22-20(26)23-17-8-4-3-7-16(17)21/h3-4,7-10,12-13H,5-6,11H2,1-2H3,(H2,22,23,26). The maximum atomic E-state index is 12.5. The van der Waals surface area contributed by atoms with Crippen LogP contribution in [0.25, 0.3) is 0 Å². The second-order valence-corrected chi connectivity index (χ2v) is 7.06. The molecule has 0 aromatic heterocycles. The Balaban J connectivity index is 1.77. The lowest BCUT2D eigenvalue weighted by atomic mass is 9.99. The number of carbonyl (C=O) groups excluding carboxylic acids is 2. The van der Waals surface area contributed by atoms with Gasteiger partial charge in [0.25, 0.3) is 0 Å². The molecule has 136 valence electrons. The lowest BCUT2D eigenvalue weighted by molar-refractivity contribution is -0.121. The zero-order chi connectivity index (χ0) is 18.7. The molecule has 0 bridgehead atoms. The Kier molecular flexibility index (Phi) is 5.47. The molecule has 0 aliphatic carbocycles. The number of amides is 3. The molecule has 2 aromatic carbocycles. The summed E-state index contributed by atoms with van der Waals surface area (Å²) in [7, 11) is 0. The molecule has 26 heavy (non-hydrogen) atoms. The fraction of sp³-hybridized carbons (Fsp3) is 0.300. The average Bonchev–Trinajstić information content (AvgIpc) is 2.62. The maximum Gasteiger partial charge on any atom is 0.323 e. The minimum atomic E-state index is -0.379. The van der Waals surface area contributed by atoms with Crippen molar-refractivity contribution in [2.24, 2.45) is 5.92 Å². The molecule has 1 aliphatic rings. The molecule has 2 aromatic rings. The van der Waals surface area contributed by atoms with Crippen LogP contribution in [0.3, 0.4) is 0 Å². The molecular formula is C20H22ClN3O2. The molecule has 0 saturated heterocycles. The van der Waals surface area contributed by atoms with Gasteiger partial charge >= 0.3 is 6.03 Å². The zero-order valence-electron chi connectivity index (χ0n) is 14.9. The molecule has 0 radical (unpaired) electrons. The molecule has 2 N–H and O–H groups in total. The number of urea groups is 1. The van der Waals surface area contributed by atoms with Gasteiger partial charge in [0.1, 0.15) is 0 Å². The van der Waals surface area contributed by atoms with Crippen LogP contribution in [0.4, 0.5) is 21.9 Å². The minimum Gasteiger partial charge on any atom is -0.312 e. The monoisotopic (exact) mass is 371 g/mol. The first-order valence-electron chi connectivity index (χ1n) is 8.72. The predicted octanol–water partition coefficient (Wildman–Crippen LogP) is 4.92. The van der Waals surface area contributed by atoms with Crippen LogP contribution in [0.5, 0.6) is 0 Å². The summed E-state index contributed by atoms with van der Waals surface area (Å²) in [5, 5.41) is 6.01. The summed E-state index contributed by atoms with van der Waals surface area (Å²) in [4.78, 5) is 26.6. The summed E-state index contributed by atoms with van der Waals surface area (Å²) >= 11 is 6.06. The quantitative estimate of drug-likeness (QED) is 0.804. The number of anilines is 3. The molecule has 3 rings (SSSR count). The first-order chi connectivity index (χ1) is 12.5. The Bertz CT molecular complexity index is 836. The molecule has 1 heterocycles. The van der Waals surface area contributed by atoms with Crippen LogP contribution in [0, 0.1) is 5.92 Å². The number of rotatable bonds is 3. The van der Waals surface area contributed by atoms with Crippen LogP contribution in [0.1, 0.15) is 25.8 Å². The van der Waals surface area contributed by atoms with Gasteiger partial charge in [-0.15, -0.1) is 0 Å². The lowest BCUT2D eigenvalue weighted by Crippen LogP contribution is -2.38. The second kappa shape index (κ2) is 7.79. The fourth-order valence-electron chi connectivity index (χ4n) is 3.04. The number of benzene rings is 2. The number of hydrogen-bond donors (Lipinski definition) is 2. The van der Waals surface area contributed by atoms with Gasteiger partial charge in [-0.2, -0.15) is 0 Å². The summed E-state index contributed by atoms with van der Waals surface area (Å²) in [5.74, 6) is 0.0321. The number of para-hydroxylation sites is 1. The SMILES string of the molecule is CC(C)C(=O)N1CCCc2ccc(NC(=O)Nc3ccccc3Cl)cc21. The van der Waals surface area contributed by atoms with Gasteiger partial charge in [0.05, 0.1) is 10.7 Å². The zero-order valence-corrected chi connectivity index (χ0v) is 15.6. The molecule has 0 unspecified atom stereocenters. The van der Waals surface area contributed by atoms with Crippen molar-refractivity contribution in [3.05, 3.63) is 53.1 Å². The van der Waals surface area contributed by atoms with Crippen LogP contribution in [0.2, 0.25) is 5.02 Å². The van der Waals surface area contributed by atoms with Crippen molar-refractivity contribution in [1.82, 2.24) is 0 Å². The molecule has 3 amide bonds. The van der Waals surface area contributed by atoms with Gasteiger partial charge in [0.15, 0.2) is 0 Å². The minimum absolute atomic E-state index is 0.0684. The van der Waals surface area contributed by atoms with Gasteiger partial charge in [-0.3, -0.25) is 4.79 Å². The normalized spacial score (nSPS) is 13.3. The summed E-state index contributed by atoms with van der Waals surface area (Å²) in [6, 6.07) is 12.4. The second-order valence-electron chi connectivity index (χ2n) is 6.65. The van der Waals surface area contributed by atoms with E-state index in [1.165, 1.54) is 0 Å². The van der Waals surface area contributed by atoms with Crippen molar-refractivity contribution in [3.63, 3.8) is 0 Å². The van der Waals surface area contributed by atoms with E-state index >= 15 is 0 Å². The Labute approximate surface area is 158 Å². The van der Waals surface area contributed by atoms with Crippen molar-refractivity contribution < 1.29 is 9.59 Å². The van der Waals surface area contributed by atoms with Crippen molar-refractivity contribution in [1.29, 1.82) is 0 Å². The van der Waals surface area contributed by atoms with Gasteiger partial charge in [0, 0.05) is 23.8 Å². The number of nitrogens with one attached hydrogen (secondary N) is 2. The van der Waals surface area contributed by atoms with E-state index in [0.717, 1.165) is 24.1 Å². The molecule has 1 aliphatic heterocycles. The molecule has 0 saturated carbocycles. The third-order valence-electron chi connectivity index (χ3n) is 4.34. The van der Waals surface area contributed by atoms with E-state index in [2.05, 4.69) is 10.6 Å². The molecule has 0 spiro atoms. The highest BCUT2D eigenvalue weighted by Gasteiger charge is 2.24. The van der Waals surface area contributed by atoms with Crippen molar-refractivity contribution in [2.45, 2.75) is 26.7 Å².